The number of hydrogen-bond acceptors (Lipinski definition) is 4. The molecule has 1 aromatic rings. The van der Waals surface area contributed by atoms with Gasteiger partial charge in [-0.05, 0) is 32.6 Å². The molecule has 0 radical (unpaired) electrons. The molecule has 0 aromatic carbocycles. The molecule has 108 valence electrons. The zero-order chi connectivity index (χ0) is 14.5. The number of aromatic carboxylic acids is 1. The zero-order valence-corrected chi connectivity index (χ0v) is 12.3. The van der Waals surface area contributed by atoms with Gasteiger partial charge in [0.15, 0.2) is 0 Å². The number of allylic oxidation sites excluding steroid dienone is 1. The van der Waals surface area contributed by atoms with Crippen LogP contribution in [-0.4, -0.2) is 22.0 Å². The van der Waals surface area contributed by atoms with Crippen LogP contribution in [0.2, 0.25) is 0 Å². The van der Waals surface area contributed by atoms with Gasteiger partial charge in [0.1, 0.15) is 9.88 Å². The van der Waals surface area contributed by atoms with Gasteiger partial charge in [0.05, 0.1) is 12.2 Å². The number of carboxylic acids is 1. The van der Waals surface area contributed by atoms with Crippen LogP contribution in [0.4, 0.5) is 0 Å². The van der Waals surface area contributed by atoms with Crippen molar-refractivity contribution in [2.24, 2.45) is 0 Å². The molecule has 0 bridgehead atoms. The molecule has 2 rings (SSSR count). The van der Waals surface area contributed by atoms with Crippen molar-refractivity contribution in [2.45, 2.75) is 45.6 Å². The molecular formula is C14H18N2O3S. The summed E-state index contributed by atoms with van der Waals surface area (Å²) in [4.78, 5) is 27.1. The normalized spacial score (nSPS) is 14.8. The fourth-order valence-corrected chi connectivity index (χ4v) is 3.08. The van der Waals surface area contributed by atoms with Gasteiger partial charge in [0, 0.05) is 6.42 Å². The number of aromatic nitrogens is 1. The van der Waals surface area contributed by atoms with Gasteiger partial charge in [0.25, 0.3) is 0 Å². The highest BCUT2D eigenvalue weighted by atomic mass is 32.1. The second-order valence-electron chi connectivity index (χ2n) is 4.89. The maximum atomic E-state index is 11.8. The Morgan fingerprint density at radius 1 is 1.45 bits per heavy atom. The Labute approximate surface area is 121 Å². The first-order valence-electron chi connectivity index (χ1n) is 6.70. The Bertz CT molecular complexity index is 549. The lowest BCUT2D eigenvalue weighted by Gasteiger charge is -2.12. The smallest absolute Gasteiger partial charge is 0.347 e. The molecule has 6 heteroatoms. The fraction of sp³-hybridized carbons (Fsp3) is 0.500. The third kappa shape index (κ3) is 3.90. The highest BCUT2D eigenvalue weighted by Crippen LogP contribution is 2.20. The standard InChI is InChI=1S/C14H18N2O3S/c1-9-13(14(18)19)20-12(16-9)8-15-11(17)7-10-5-3-2-4-6-10/h5H,2-4,6-8H2,1H3,(H,15,17)(H,18,19). The van der Waals surface area contributed by atoms with Gasteiger partial charge in [-0.3, -0.25) is 4.79 Å². The first-order valence-corrected chi connectivity index (χ1v) is 7.52. The van der Waals surface area contributed by atoms with Crippen LogP contribution in [0.15, 0.2) is 11.6 Å². The molecule has 5 nitrogen and oxygen atoms in total. The second-order valence-corrected chi connectivity index (χ2v) is 5.97. The average Bonchev–Trinajstić information content (AvgIpc) is 2.79. The Kier molecular flexibility index (Phi) is 4.89. The molecule has 20 heavy (non-hydrogen) atoms. The SMILES string of the molecule is Cc1nc(CNC(=O)CC2=CCCCC2)sc1C(=O)O. The molecule has 0 atom stereocenters. The summed E-state index contributed by atoms with van der Waals surface area (Å²) in [6.45, 7) is 1.96. The van der Waals surface area contributed by atoms with E-state index in [1.54, 1.807) is 6.92 Å². The van der Waals surface area contributed by atoms with E-state index in [-0.39, 0.29) is 10.8 Å². The lowest BCUT2D eigenvalue weighted by molar-refractivity contribution is -0.120. The van der Waals surface area contributed by atoms with Crippen molar-refractivity contribution in [2.75, 3.05) is 0 Å². The summed E-state index contributed by atoms with van der Waals surface area (Å²) < 4.78 is 0. The Balaban J connectivity index is 1.85. The molecule has 0 unspecified atom stereocenters. The van der Waals surface area contributed by atoms with Gasteiger partial charge >= 0.3 is 5.97 Å². The third-order valence-electron chi connectivity index (χ3n) is 3.24. The van der Waals surface area contributed by atoms with E-state index in [1.807, 2.05) is 0 Å². The number of nitrogens with zero attached hydrogens (tertiary/aromatic N) is 1. The molecule has 0 spiro atoms. The zero-order valence-electron chi connectivity index (χ0n) is 11.4. The predicted molar refractivity (Wildman–Crippen MR) is 76.8 cm³/mol. The molecule has 1 aliphatic rings. The number of carboxylic acid groups (broad SMARTS) is 1. The third-order valence-corrected chi connectivity index (χ3v) is 4.39. The highest BCUT2D eigenvalue weighted by Gasteiger charge is 2.15. The van der Waals surface area contributed by atoms with Gasteiger partial charge < -0.3 is 10.4 Å². The molecule has 0 saturated heterocycles. The molecular weight excluding hydrogens is 276 g/mol. The molecule has 0 saturated carbocycles. The number of amides is 1. The molecule has 1 amide bonds. The van der Waals surface area contributed by atoms with Crippen LogP contribution in [0.1, 0.15) is 52.5 Å². The molecule has 1 aromatic heterocycles. The Morgan fingerprint density at radius 2 is 2.25 bits per heavy atom. The van der Waals surface area contributed by atoms with Crippen LogP contribution in [0.25, 0.3) is 0 Å². The minimum absolute atomic E-state index is 0.0251. The predicted octanol–water partition coefficient (Wildman–Crippen LogP) is 2.66. The fourth-order valence-electron chi connectivity index (χ4n) is 2.23. The van der Waals surface area contributed by atoms with Crippen molar-refractivity contribution in [3.63, 3.8) is 0 Å². The number of thiazole rings is 1. The van der Waals surface area contributed by atoms with Gasteiger partial charge in [-0.25, -0.2) is 9.78 Å². The van der Waals surface area contributed by atoms with Crippen LogP contribution in [0.5, 0.6) is 0 Å². The van der Waals surface area contributed by atoms with E-state index < -0.39 is 5.97 Å². The second kappa shape index (κ2) is 6.65. The molecule has 0 aliphatic heterocycles. The summed E-state index contributed by atoms with van der Waals surface area (Å²) in [7, 11) is 0. The van der Waals surface area contributed by atoms with Crippen molar-refractivity contribution >= 4 is 23.2 Å². The first-order chi connectivity index (χ1) is 9.56. The van der Waals surface area contributed by atoms with Crippen LogP contribution < -0.4 is 5.32 Å². The number of nitrogens with one attached hydrogen (secondary N) is 1. The van der Waals surface area contributed by atoms with Gasteiger partial charge in [-0.15, -0.1) is 11.3 Å². The summed E-state index contributed by atoms with van der Waals surface area (Å²) in [5.74, 6) is -0.993. The summed E-state index contributed by atoms with van der Waals surface area (Å²) in [5.41, 5.74) is 1.71. The van der Waals surface area contributed by atoms with Crippen molar-refractivity contribution in [1.82, 2.24) is 10.3 Å². The van der Waals surface area contributed by atoms with Crippen LogP contribution >= 0.6 is 11.3 Å². The van der Waals surface area contributed by atoms with E-state index >= 15 is 0 Å². The summed E-state index contributed by atoms with van der Waals surface area (Å²) in [6, 6.07) is 0. The number of rotatable bonds is 5. The number of carbonyl (C=O) groups excluding carboxylic acids is 1. The van der Waals surface area contributed by atoms with E-state index in [9.17, 15) is 9.59 Å². The lowest BCUT2D eigenvalue weighted by atomic mass is 9.97. The van der Waals surface area contributed by atoms with E-state index in [0.29, 0.717) is 23.7 Å². The molecule has 0 fully saturated rings. The van der Waals surface area contributed by atoms with Gasteiger partial charge in [-0.2, -0.15) is 0 Å². The molecule has 1 aliphatic carbocycles. The van der Waals surface area contributed by atoms with Crippen molar-refractivity contribution < 1.29 is 14.7 Å². The number of aryl methyl sites for hydroxylation is 1. The van der Waals surface area contributed by atoms with Crippen molar-refractivity contribution in [3.05, 3.63) is 27.2 Å². The minimum Gasteiger partial charge on any atom is -0.477 e. The van der Waals surface area contributed by atoms with Crippen molar-refractivity contribution in [3.8, 4) is 0 Å². The summed E-state index contributed by atoms with van der Waals surface area (Å²) in [6.07, 6.45) is 7.03. The van der Waals surface area contributed by atoms with Crippen molar-refractivity contribution in [1.29, 1.82) is 0 Å². The molecule has 2 N–H and O–H groups in total. The minimum atomic E-state index is -0.968. The van der Waals surface area contributed by atoms with E-state index in [1.165, 1.54) is 12.0 Å². The van der Waals surface area contributed by atoms with Gasteiger partial charge in [0.2, 0.25) is 5.91 Å². The largest absolute Gasteiger partial charge is 0.477 e. The van der Waals surface area contributed by atoms with Crippen LogP contribution in [0, 0.1) is 6.92 Å². The quantitative estimate of drug-likeness (QED) is 0.818. The average molecular weight is 294 g/mol. The van der Waals surface area contributed by atoms with Crippen LogP contribution in [-0.2, 0) is 11.3 Å². The highest BCUT2D eigenvalue weighted by molar-refractivity contribution is 7.13. The first kappa shape index (κ1) is 14.7. The topological polar surface area (TPSA) is 79.3 Å². The number of hydrogen-bond donors (Lipinski definition) is 2. The van der Waals surface area contributed by atoms with E-state index in [0.717, 1.165) is 30.6 Å². The Hall–Kier alpha value is -1.69. The Morgan fingerprint density at radius 3 is 2.85 bits per heavy atom. The van der Waals surface area contributed by atoms with E-state index in [4.69, 9.17) is 5.11 Å². The summed E-state index contributed by atoms with van der Waals surface area (Å²) in [5, 5.41) is 12.4. The van der Waals surface area contributed by atoms with Crippen LogP contribution in [0.3, 0.4) is 0 Å². The monoisotopic (exact) mass is 294 g/mol. The summed E-state index contributed by atoms with van der Waals surface area (Å²) >= 11 is 1.12. The van der Waals surface area contributed by atoms with E-state index in [2.05, 4.69) is 16.4 Å². The maximum Gasteiger partial charge on any atom is 0.347 e. The molecule has 1 heterocycles. The maximum absolute atomic E-state index is 11.8. The number of carbonyl (C=O) groups is 2. The van der Waals surface area contributed by atoms with Gasteiger partial charge in [-0.1, -0.05) is 11.6 Å². The lowest BCUT2D eigenvalue weighted by Crippen LogP contribution is -2.23.